The lowest BCUT2D eigenvalue weighted by Gasteiger charge is -2.51. The van der Waals surface area contributed by atoms with E-state index < -0.39 is 91.8 Å². The molecule has 71 heavy (non-hydrogen) atoms. The summed E-state index contributed by atoms with van der Waals surface area (Å²) in [6.45, 7) is 3.50. The Bertz CT molecular complexity index is 2470. The highest BCUT2D eigenvalue weighted by Crippen LogP contribution is 2.39. The van der Waals surface area contributed by atoms with Gasteiger partial charge in [0.15, 0.2) is 18.5 Å². The van der Waals surface area contributed by atoms with Crippen molar-refractivity contribution in [1.29, 1.82) is 0 Å². The van der Waals surface area contributed by atoms with Crippen LogP contribution in [-0.4, -0.2) is 98.9 Å². The number of carbonyl (C=O) groups excluding carboxylic acids is 3. The maximum Gasteiger partial charge on any atom is 0.303 e. The van der Waals surface area contributed by atoms with Crippen LogP contribution in [0, 0.1) is 0 Å². The van der Waals surface area contributed by atoms with Crippen LogP contribution in [-0.2, 0) is 94.8 Å². The van der Waals surface area contributed by atoms with E-state index in [1.165, 1.54) is 6.92 Å². The van der Waals surface area contributed by atoms with Crippen LogP contribution in [0.5, 0.6) is 5.75 Å². The SMILES string of the molecule is COc1ccc(CO[C@@H]2[C@H](OCc3ccccc3)[C@H](OCc3ccccc3)[C@@H](OCc3ccccc3)[C@H](OCc3ccccc3)[C@H]2O[C@H]2O[C@H](COC(C)=O)[C@@H](OC(C)=O)[C@H](OC(C)=O)[C@H]2N=[N+]=[N-])cc1. The number of nitrogens with zero attached hydrogens (tertiary/aromatic N) is 3. The van der Waals surface area contributed by atoms with Crippen molar-refractivity contribution in [2.45, 2.75) is 121 Å². The summed E-state index contributed by atoms with van der Waals surface area (Å²) < 4.78 is 71.2. The van der Waals surface area contributed by atoms with Crippen LogP contribution in [0.3, 0.4) is 0 Å². The summed E-state index contributed by atoms with van der Waals surface area (Å²) in [6.07, 6.45) is -12.1. The van der Waals surface area contributed by atoms with Crippen molar-refractivity contribution >= 4 is 17.9 Å². The van der Waals surface area contributed by atoms with E-state index >= 15 is 0 Å². The first kappa shape index (κ1) is 52.2. The minimum atomic E-state index is -1.60. The van der Waals surface area contributed by atoms with Gasteiger partial charge in [0.25, 0.3) is 0 Å². The average Bonchev–Trinajstić information content (AvgIpc) is 3.38. The van der Waals surface area contributed by atoms with Gasteiger partial charge in [-0.2, -0.15) is 0 Å². The molecular weight excluding hydrogens is 915 g/mol. The van der Waals surface area contributed by atoms with Crippen LogP contribution in [0.25, 0.3) is 10.4 Å². The van der Waals surface area contributed by atoms with Crippen LogP contribution in [0.1, 0.15) is 48.6 Å². The molecule has 1 saturated carbocycles. The zero-order valence-corrected chi connectivity index (χ0v) is 40.0. The minimum absolute atomic E-state index is 0.0248. The standard InChI is InChI=1S/C54H59N3O14/c1-35(58)62-34-44-46(68-36(2)59)47(69-37(3)60)45(56-57-55)54(70-44)71-53-51(66-32-41-23-15-8-16-24-41)49(64-30-39-19-11-6-12-20-39)48(63-29-38-17-9-5-10-18-38)50(65-31-40-21-13-7-14-22-40)52(53)67-33-42-25-27-43(61-4)28-26-42/h5-28,44-54H,29-34H2,1-4H3/t44-,45-,46-,47-,48-,49-,50-,51+,52-,53-,54-/m1/s1. The van der Waals surface area contributed by atoms with Gasteiger partial charge in [0.05, 0.1) is 40.1 Å². The zero-order chi connectivity index (χ0) is 50.0. The Morgan fingerprint density at radius 1 is 0.493 bits per heavy atom. The van der Waals surface area contributed by atoms with Crippen LogP contribution in [0.4, 0.5) is 0 Å². The Morgan fingerprint density at radius 2 is 0.859 bits per heavy atom. The normalized spacial score (nSPS) is 25.0. The van der Waals surface area contributed by atoms with Gasteiger partial charge >= 0.3 is 17.9 Å². The summed E-state index contributed by atoms with van der Waals surface area (Å²) in [5, 5.41) is 4.05. The van der Waals surface area contributed by atoms with Gasteiger partial charge in [-0.15, -0.1) is 0 Å². The molecule has 1 saturated heterocycles. The smallest absolute Gasteiger partial charge is 0.303 e. The molecule has 2 fully saturated rings. The highest BCUT2D eigenvalue weighted by molar-refractivity contribution is 5.68. The summed E-state index contributed by atoms with van der Waals surface area (Å²) in [7, 11) is 1.58. The van der Waals surface area contributed by atoms with Crippen LogP contribution < -0.4 is 4.74 Å². The molecule has 0 N–H and O–H groups in total. The number of esters is 3. The molecule has 2 aliphatic rings. The van der Waals surface area contributed by atoms with Gasteiger partial charge in [-0.25, -0.2) is 0 Å². The van der Waals surface area contributed by atoms with Crippen LogP contribution in [0.15, 0.2) is 151 Å². The van der Waals surface area contributed by atoms with Crippen molar-refractivity contribution in [3.63, 3.8) is 0 Å². The lowest BCUT2D eigenvalue weighted by molar-refractivity contribution is -0.338. The van der Waals surface area contributed by atoms with Crippen molar-refractivity contribution in [1.82, 2.24) is 0 Å². The molecule has 5 aromatic carbocycles. The number of benzene rings is 5. The first-order valence-corrected chi connectivity index (χ1v) is 23.3. The van der Waals surface area contributed by atoms with Gasteiger partial charge in [-0.1, -0.05) is 139 Å². The number of ether oxygens (including phenoxy) is 11. The van der Waals surface area contributed by atoms with E-state index in [-0.39, 0.29) is 33.0 Å². The van der Waals surface area contributed by atoms with E-state index in [1.54, 1.807) is 7.11 Å². The van der Waals surface area contributed by atoms with E-state index in [9.17, 15) is 19.9 Å². The summed E-state index contributed by atoms with van der Waals surface area (Å²) >= 11 is 0. The Labute approximate surface area is 412 Å². The molecule has 0 spiro atoms. The van der Waals surface area contributed by atoms with Crippen molar-refractivity contribution in [2.75, 3.05) is 13.7 Å². The molecule has 1 heterocycles. The molecule has 1 aliphatic heterocycles. The summed E-state index contributed by atoms with van der Waals surface area (Å²) in [5.41, 5.74) is 14.3. The fourth-order valence-corrected chi connectivity index (χ4v) is 8.54. The molecule has 0 radical (unpaired) electrons. The Morgan fingerprint density at radius 3 is 1.21 bits per heavy atom. The predicted molar refractivity (Wildman–Crippen MR) is 256 cm³/mol. The maximum atomic E-state index is 12.9. The van der Waals surface area contributed by atoms with E-state index in [4.69, 9.17) is 52.1 Å². The molecule has 11 atom stereocenters. The van der Waals surface area contributed by atoms with E-state index in [2.05, 4.69) is 10.0 Å². The third-order valence-electron chi connectivity index (χ3n) is 11.8. The lowest BCUT2D eigenvalue weighted by Crippen LogP contribution is -2.69. The third kappa shape index (κ3) is 14.9. The average molecular weight is 974 g/mol. The topological polar surface area (TPSA) is 202 Å². The summed E-state index contributed by atoms with van der Waals surface area (Å²) in [4.78, 5) is 40.8. The number of hydrogen-bond donors (Lipinski definition) is 0. The highest BCUT2D eigenvalue weighted by Gasteiger charge is 2.58. The van der Waals surface area contributed by atoms with Crippen molar-refractivity contribution in [3.8, 4) is 5.75 Å². The predicted octanol–water partition coefficient (Wildman–Crippen LogP) is 8.15. The number of rotatable bonds is 23. The highest BCUT2D eigenvalue weighted by atomic mass is 16.7. The van der Waals surface area contributed by atoms with Gasteiger partial charge in [0.1, 0.15) is 61.1 Å². The van der Waals surface area contributed by atoms with Crippen LogP contribution in [0.2, 0.25) is 0 Å². The maximum absolute atomic E-state index is 12.9. The van der Waals surface area contributed by atoms with E-state index in [0.29, 0.717) is 5.75 Å². The first-order valence-electron chi connectivity index (χ1n) is 23.3. The van der Waals surface area contributed by atoms with Gasteiger partial charge in [-0.05, 0) is 45.5 Å². The number of methoxy groups -OCH3 is 1. The minimum Gasteiger partial charge on any atom is -0.497 e. The van der Waals surface area contributed by atoms with Crippen molar-refractivity contribution < 1.29 is 66.5 Å². The molecular formula is C54H59N3O14. The molecule has 0 aromatic heterocycles. The molecule has 0 bridgehead atoms. The Balaban J connectivity index is 1.40. The second-order valence-electron chi connectivity index (χ2n) is 17.0. The molecule has 5 aromatic rings. The fourth-order valence-electron chi connectivity index (χ4n) is 8.54. The molecule has 0 amide bonds. The second-order valence-corrected chi connectivity index (χ2v) is 17.0. The molecule has 0 unspecified atom stereocenters. The Kier molecular flexibility index (Phi) is 19.5. The molecule has 7 rings (SSSR count). The van der Waals surface area contributed by atoms with Gasteiger partial charge < -0.3 is 52.1 Å². The quantitative estimate of drug-likeness (QED) is 0.0200. The Hall–Kier alpha value is -6.66. The van der Waals surface area contributed by atoms with E-state index in [0.717, 1.165) is 41.7 Å². The monoisotopic (exact) mass is 973 g/mol. The fraction of sp³-hybridized carbons (Fsp3) is 0.389. The summed E-state index contributed by atoms with van der Waals surface area (Å²) in [5.74, 6) is -1.58. The number of azide groups is 1. The third-order valence-corrected chi connectivity index (χ3v) is 11.8. The molecule has 374 valence electrons. The van der Waals surface area contributed by atoms with Gasteiger partial charge in [0, 0.05) is 25.7 Å². The molecule has 17 heteroatoms. The summed E-state index contributed by atoms with van der Waals surface area (Å²) in [6, 6.07) is 44.4. The van der Waals surface area contributed by atoms with Gasteiger partial charge in [-0.3, -0.25) is 14.4 Å². The van der Waals surface area contributed by atoms with Crippen molar-refractivity contribution in [3.05, 3.63) is 184 Å². The van der Waals surface area contributed by atoms with Gasteiger partial charge in [0.2, 0.25) is 0 Å². The number of carbonyl (C=O) groups is 3. The second kappa shape index (κ2) is 26.5. The van der Waals surface area contributed by atoms with E-state index in [1.807, 2.05) is 146 Å². The van der Waals surface area contributed by atoms with Crippen LogP contribution >= 0.6 is 0 Å². The molecule has 17 nitrogen and oxygen atoms in total. The number of hydrogen-bond acceptors (Lipinski definition) is 15. The lowest BCUT2D eigenvalue weighted by atomic mass is 9.83. The first-order chi connectivity index (χ1) is 34.6. The van der Waals surface area contributed by atoms with Crippen molar-refractivity contribution in [2.24, 2.45) is 5.11 Å². The molecule has 1 aliphatic carbocycles. The largest absolute Gasteiger partial charge is 0.497 e. The zero-order valence-electron chi connectivity index (χ0n) is 40.0.